The summed E-state index contributed by atoms with van der Waals surface area (Å²) in [5.74, 6) is 6.02. The van der Waals surface area contributed by atoms with Gasteiger partial charge in [0.25, 0.3) is 0 Å². The molecule has 2 rings (SSSR count). The van der Waals surface area contributed by atoms with Crippen LogP contribution in [0.3, 0.4) is 0 Å². The Balaban J connectivity index is 1.88. The number of aromatic nitrogens is 2. The Hall–Kier alpha value is -2.21. The molecule has 0 amide bonds. The number of nitrogens with zero attached hydrogens (tertiary/aromatic N) is 2. The quantitative estimate of drug-likeness (QED) is 0.552. The minimum atomic E-state index is -0.218. The van der Waals surface area contributed by atoms with Crippen LogP contribution in [0.2, 0.25) is 0 Å². The molecule has 2 aromatic rings. The van der Waals surface area contributed by atoms with E-state index in [2.05, 4.69) is 20.7 Å². The highest BCUT2D eigenvalue weighted by Crippen LogP contribution is 2.07. The molecule has 0 aliphatic heterocycles. The zero-order valence-corrected chi connectivity index (χ0v) is 9.73. The van der Waals surface area contributed by atoms with Crippen LogP contribution in [-0.2, 0) is 6.42 Å². The molecule has 5 nitrogen and oxygen atoms in total. The van der Waals surface area contributed by atoms with E-state index < -0.39 is 0 Å². The van der Waals surface area contributed by atoms with Crippen LogP contribution in [0.25, 0.3) is 0 Å². The Morgan fingerprint density at radius 1 is 1.28 bits per heavy atom. The van der Waals surface area contributed by atoms with Crippen LogP contribution in [0.15, 0.2) is 36.5 Å². The minimum absolute atomic E-state index is 0.218. The lowest BCUT2D eigenvalue weighted by molar-refractivity contribution is 0.625. The number of benzene rings is 1. The minimum Gasteiger partial charge on any atom is -0.370 e. The Morgan fingerprint density at radius 2 is 2.17 bits per heavy atom. The van der Waals surface area contributed by atoms with Crippen molar-refractivity contribution in [1.82, 2.24) is 9.97 Å². The third kappa shape index (κ3) is 3.39. The van der Waals surface area contributed by atoms with Gasteiger partial charge in [-0.25, -0.2) is 15.2 Å². The standard InChI is InChI=1S/C12H14FN5/c13-10-3-1-2-9(8-10)4-6-15-11-5-7-16-12(17-11)18-14/h1-3,5,7-8H,4,6,14H2,(H2,15,16,17,18). The van der Waals surface area contributed by atoms with Gasteiger partial charge < -0.3 is 5.32 Å². The van der Waals surface area contributed by atoms with E-state index in [4.69, 9.17) is 5.84 Å². The molecular formula is C12H14FN5. The molecule has 0 saturated carbocycles. The highest BCUT2D eigenvalue weighted by Gasteiger charge is 1.98. The van der Waals surface area contributed by atoms with Crippen LogP contribution in [-0.4, -0.2) is 16.5 Å². The molecule has 6 heteroatoms. The summed E-state index contributed by atoms with van der Waals surface area (Å²) in [6.45, 7) is 0.657. The predicted molar refractivity (Wildman–Crippen MR) is 68.4 cm³/mol. The second-order valence-corrected chi connectivity index (χ2v) is 3.72. The van der Waals surface area contributed by atoms with Crippen LogP contribution >= 0.6 is 0 Å². The maximum Gasteiger partial charge on any atom is 0.239 e. The third-order valence-electron chi connectivity index (χ3n) is 2.39. The molecule has 1 aromatic heterocycles. The molecule has 0 fully saturated rings. The summed E-state index contributed by atoms with van der Waals surface area (Å²) in [6.07, 6.45) is 2.32. The molecule has 0 aliphatic rings. The van der Waals surface area contributed by atoms with Crippen molar-refractivity contribution < 1.29 is 4.39 Å². The molecule has 0 unspecified atom stereocenters. The fraction of sp³-hybridized carbons (Fsp3) is 0.167. The fourth-order valence-corrected chi connectivity index (χ4v) is 1.55. The van der Waals surface area contributed by atoms with Gasteiger partial charge in [0.05, 0.1) is 0 Å². The number of nitrogen functional groups attached to an aromatic ring is 1. The smallest absolute Gasteiger partial charge is 0.239 e. The summed E-state index contributed by atoms with van der Waals surface area (Å²) < 4.78 is 13.0. The van der Waals surface area contributed by atoms with Crippen molar-refractivity contribution in [2.45, 2.75) is 6.42 Å². The van der Waals surface area contributed by atoms with E-state index in [0.717, 1.165) is 5.56 Å². The predicted octanol–water partition coefficient (Wildman–Crippen LogP) is 1.56. The zero-order valence-electron chi connectivity index (χ0n) is 9.73. The molecule has 0 bridgehead atoms. The Morgan fingerprint density at radius 3 is 2.94 bits per heavy atom. The van der Waals surface area contributed by atoms with E-state index in [1.54, 1.807) is 18.3 Å². The van der Waals surface area contributed by atoms with Gasteiger partial charge in [0.1, 0.15) is 11.6 Å². The molecule has 0 saturated heterocycles. The summed E-state index contributed by atoms with van der Waals surface area (Å²) in [5, 5.41) is 3.12. The van der Waals surface area contributed by atoms with Gasteiger partial charge in [0.15, 0.2) is 0 Å². The highest BCUT2D eigenvalue weighted by atomic mass is 19.1. The molecule has 18 heavy (non-hydrogen) atoms. The topological polar surface area (TPSA) is 75.9 Å². The summed E-state index contributed by atoms with van der Waals surface area (Å²) in [7, 11) is 0. The average Bonchev–Trinajstić information content (AvgIpc) is 2.39. The maximum absolute atomic E-state index is 13.0. The van der Waals surface area contributed by atoms with Crippen molar-refractivity contribution >= 4 is 11.8 Å². The summed E-state index contributed by atoms with van der Waals surface area (Å²) in [4.78, 5) is 8.01. The van der Waals surface area contributed by atoms with Crippen molar-refractivity contribution in [3.8, 4) is 0 Å². The molecule has 4 N–H and O–H groups in total. The Kier molecular flexibility index (Phi) is 4.03. The van der Waals surface area contributed by atoms with Crippen LogP contribution in [0.4, 0.5) is 16.2 Å². The van der Waals surface area contributed by atoms with Crippen molar-refractivity contribution in [1.29, 1.82) is 0 Å². The number of rotatable bonds is 5. The molecule has 0 aliphatic carbocycles. The van der Waals surface area contributed by atoms with Gasteiger partial charge in [-0.3, -0.25) is 5.43 Å². The van der Waals surface area contributed by atoms with Gasteiger partial charge in [-0.1, -0.05) is 12.1 Å². The van der Waals surface area contributed by atoms with Crippen LogP contribution in [0.5, 0.6) is 0 Å². The Bertz CT molecular complexity index is 517. The molecule has 0 atom stereocenters. The normalized spacial score (nSPS) is 10.1. The first-order valence-electron chi connectivity index (χ1n) is 5.56. The molecular weight excluding hydrogens is 233 g/mol. The lowest BCUT2D eigenvalue weighted by Gasteiger charge is -2.06. The zero-order chi connectivity index (χ0) is 12.8. The first kappa shape index (κ1) is 12.3. The second kappa shape index (κ2) is 5.92. The summed E-state index contributed by atoms with van der Waals surface area (Å²) in [5.41, 5.74) is 3.31. The van der Waals surface area contributed by atoms with Gasteiger partial charge in [0.2, 0.25) is 5.95 Å². The van der Waals surface area contributed by atoms with Gasteiger partial charge in [-0.05, 0) is 30.2 Å². The van der Waals surface area contributed by atoms with Crippen molar-refractivity contribution in [2.75, 3.05) is 17.3 Å². The fourth-order valence-electron chi connectivity index (χ4n) is 1.55. The third-order valence-corrected chi connectivity index (χ3v) is 2.39. The first-order chi connectivity index (χ1) is 8.78. The van der Waals surface area contributed by atoms with Gasteiger partial charge >= 0.3 is 0 Å². The van der Waals surface area contributed by atoms with E-state index in [-0.39, 0.29) is 5.82 Å². The van der Waals surface area contributed by atoms with E-state index >= 15 is 0 Å². The number of nitrogens with one attached hydrogen (secondary N) is 2. The molecule has 1 aromatic carbocycles. The Labute approximate surface area is 104 Å². The number of anilines is 2. The number of hydrogen-bond donors (Lipinski definition) is 3. The van der Waals surface area contributed by atoms with E-state index in [1.165, 1.54) is 12.1 Å². The van der Waals surface area contributed by atoms with Crippen molar-refractivity contribution in [2.24, 2.45) is 5.84 Å². The second-order valence-electron chi connectivity index (χ2n) is 3.72. The summed E-state index contributed by atoms with van der Waals surface area (Å²) >= 11 is 0. The molecule has 1 heterocycles. The molecule has 0 radical (unpaired) electrons. The van der Waals surface area contributed by atoms with E-state index in [1.807, 2.05) is 6.07 Å². The van der Waals surface area contributed by atoms with Crippen molar-refractivity contribution in [3.63, 3.8) is 0 Å². The lowest BCUT2D eigenvalue weighted by atomic mass is 10.1. The largest absolute Gasteiger partial charge is 0.370 e. The van der Waals surface area contributed by atoms with Crippen molar-refractivity contribution in [3.05, 3.63) is 47.9 Å². The highest BCUT2D eigenvalue weighted by molar-refractivity contribution is 5.39. The number of halogens is 1. The maximum atomic E-state index is 13.0. The van der Waals surface area contributed by atoms with Gasteiger partial charge in [0, 0.05) is 12.7 Å². The number of nitrogens with two attached hydrogens (primary N) is 1. The summed E-state index contributed by atoms with van der Waals surface area (Å²) in [6, 6.07) is 8.28. The lowest BCUT2D eigenvalue weighted by Crippen LogP contribution is -2.12. The van der Waals surface area contributed by atoms with Gasteiger partial charge in [-0.15, -0.1) is 0 Å². The SMILES string of the molecule is NNc1nccc(NCCc2cccc(F)c2)n1. The first-order valence-corrected chi connectivity index (χ1v) is 5.56. The average molecular weight is 247 g/mol. The monoisotopic (exact) mass is 247 g/mol. The molecule has 0 spiro atoms. The number of hydrogen-bond acceptors (Lipinski definition) is 5. The van der Waals surface area contributed by atoms with Crippen LogP contribution < -0.4 is 16.6 Å². The van der Waals surface area contributed by atoms with Crippen LogP contribution in [0.1, 0.15) is 5.56 Å². The molecule has 94 valence electrons. The number of hydrazine groups is 1. The van der Waals surface area contributed by atoms with E-state index in [9.17, 15) is 4.39 Å². The van der Waals surface area contributed by atoms with Crippen LogP contribution in [0, 0.1) is 5.82 Å². The van der Waals surface area contributed by atoms with Gasteiger partial charge in [-0.2, -0.15) is 4.98 Å². The van der Waals surface area contributed by atoms with E-state index in [0.29, 0.717) is 24.7 Å².